The molecule has 0 amide bonds. The van der Waals surface area contributed by atoms with Crippen LogP contribution in [0.15, 0.2) is 30.3 Å². The fourth-order valence-corrected chi connectivity index (χ4v) is 2.13. The lowest BCUT2D eigenvalue weighted by Crippen LogP contribution is -2.30. The van der Waals surface area contributed by atoms with E-state index in [0.717, 1.165) is 6.26 Å². The number of halogens is 3. The summed E-state index contributed by atoms with van der Waals surface area (Å²) in [5.74, 6) is -0.186. The maximum atomic E-state index is 12.5. The van der Waals surface area contributed by atoms with Crippen molar-refractivity contribution in [1.29, 1.82) is 0 Å². The average molecular weight is 295 g/mol. The van der Waals surface area contributed by atoms with Crippen molar-refractivity contribution in [3.8, 4) is 0 Å². The van der Waals surface area contributed by atoms with Crippen molar-refractivity contribution in [3.63, 3.8) is 0 Å². The average Bonchev–Trinajstić information content (AvgIpc) is 2.25. The number of benzene rings is 1. The molecule has 0 aliphatic rings. The molecule has 0 spiro atoms. The van der Waals surface area contributed by atoms with Gasteiger partial charge in [-0.25, -0.2) is 8.42 Å². The highest BCUT2D eigenvalue weighted by molar-refractivity contribution is 7.90. The highest BCUT2D eigenvalue weighted by Gasteiger charge is 2.32. The molecule has 0 aliphatic carbocycles. The topological polar surface area (TPSA) is 46.2 Å². The zero-order chi connectivity index (χ0) is 14.5. The number of sulfone groups is 1. The van der Waals surface area contributed by atoms with Crippen molar-refractivity contribution in [2.24, 2.45) is 0 Å². The van der Waals surface area contributed by atoms with Gasteiger partial charge in [-0.15, -0.1) is 0 Å². The first-order valence-electron chi connectivity index (χ1n) is 5.70. The van der Waals surface area contributed by atoms with E-state index in [0.29, 0.717) is 5.56 Å². The molecule has 0 saturated heterocycles. The van der Waals surface area contributed by atoms with Gasteiger partial charge in [-0.1, -0.05) is 30.3 Å². The summed E-state index contributed by atoms with van der Waals surface area (Å²) >= 11 is 0. The summed E-state index contributed by atoms with van der Waals surface area (Å²) in [6, 6.07) is 7.26. The van der Waals surface area contributed by atoms with Crippen LogP contribution in [0, 0.1) is 0 Å². The molecule has 0 saturated carbocycles. The molecule has 0 bridgehead atoms. The first-order chi connectivity index (χ1) is 8.67. The Kier molecular flexibility index (Phi) is 5.37. The van der Waals surface area contributed by atoms with Crippen LogP contribution in [-0.4, -0.2) is 33.1 Å². The van der Waals surface area contributed by atoms with Crippen LogP contribution in [0.4, 0.5) is 13.2 Å². The fraction of sp³-hybridized carbons (Fsp3) is 0.500. The van der Waals surface area contributed by atoms with E-state index in [4.69, 9.17) is 0 Å². The molecule has 19 heavy (non-hydrogen) atoms. The van der Waals surface area contributed by atoms with E-state index in [-0.39, 0.29) is 12.3 Å². The lowest BCUT2D eigenvalue weighted by atomic mass is 10.0. The Morgan fingerprint density at radius 2 is 1.79 bits per heavy atom. The summed E-state index contributed by atoms with van der Waals surface area (Å²) in [6.07, 6.45) is -4.28. The minimum Gasteiger partial charge on any atom is -0.309 e. The molecule has 1 atom stereocenters. The Hall–Kier alpha value is -1.08. The van der Waals surface area contributed by atoms with E-state index in [1.807, 2.05) is 0 Å². The van der Waals surface area contributed by atoms with Crippen LogP contribution in [0.2, 0.25) is 0 Å². The molecular weight excluding hydrogens is 279 g/mol. The van der Waals surface area contributed by atoms with Crippen LogP contribution in [0.1, 0.15) is 18.0 Å². The van der Waals surface area contributed by atoms with Crippen molar-refractivity contribution in [2.45, 2.75) is 18.6 Å². The lowest BCUT2D eigenvalue weighted by molar-refractivity contribution is -0.140. The lowest BCUT2D eigenvalue weighted by Gasteiger charge is -2.20. The molecule has 1 unspecified atom stereocenters. The Bertz CT molecular complexity index is 485. The predicted molar refractivity (Wildman–Crippen MR) is 67.6 cm³/mol. The molecular formula is C12H16F3NO2S. The van der Waals surface area contributed by atoms with Crippen LogP contribution in [0.25, 0.3) is 0 Å². The third kappa shape index (κ3) is 7.17. The largest absolute Gasteiger partial charge is 0.390 e. The second-order valence-corrected chi connectivity index (χ2v) is 6.63. The van der Waals surface area contributed by atoms with Gasteiger partial charge in [0.1, 0.15) is 9.84 Å². The number of hydrogen-bond acceptors (Lipinski definition) is 3. The van der Waals surface area contributed by atoms with Gasteiger partial charge in [0.15, 0.2) is 0 Å². The van der Waals surface area contributed by atoms with Crippen molar-refractivity contribution in [2.75, 3.05) is 18.6 Å². The first-order valence-corrected chi connectivity index (χ1v) is 7.76. The van der Waals surface area contributed by atoms with Crippen LogP contribution in [0.5, 0.6) is 0 Å². The quantitative estimate of drug-likeness (QED) is 0.876. The third-order valence-electron chi connectivity index (χ3n) is 2.50. The van der Waals surface area contributed by atoms with Crippen LogP contribution in [-0.2, 0) is 9.84 Å². The van der Waals surface area contributed by atoms with Crippen molar-refractivity contribution in [1.82, 2.24) is 5.32 Å². The number of rotatable bonds is 6. The number of hydrogen-bond donors (Lipinski definition) is 1. The molecule has 1 rings (SSSR count). The molecule has 0 fully saturated rings. The zero-order valence-electron chi connectivity index (χ0n) is 10.4. The third-order valence-corrected chi connectivity index (χ3v) is 3.45. The summed E-state index contributed by atoms with van der Waals surface area (Å²) in [5.41, 5.74) is 0.494. The smallest absolute Gasteiger partial charge is 0.309 e. The second-order valence-electron chi connectivity index (χ2n) is 4.37. The minimum atomic E-state index is -4.31. The van der Waals surface area contributed by atoms with E-state index < -0.39 is 28.5 Å². The molecule has 0 radical (unpaired) electrons. The van der Waals surface area contributed by atoms with Crippen LogP contribution < -0.4 is 5.32 Å². The SMILES string of the molecule is CS(=O)(=O)CCNC(CC(F)(F)F)c1ccccc1. The highest BCUT2D eigenvalue weighted by atomic mass is 32.2. The second kappa shape index (κ2) is 6.38. The molecule has 7 heteroatoms. The maximum absolute atomic E-state index is 12.5. The van der Waals surface area contributed by atoms with Gasteiger partial charge in [-0.2, -0.15) is 13.2 Å². The van der Waals surface area contributed by atoms with Crippen LogP contribution in [0.3, 0.4) is 0 Å². The van der Waals surface area contributed by atoms with Crippen molar-refractivity contribution < 1.29 is 21.6 Å². The minimum absolute atomic E-state index is 0.00548. The fourth-order valence-electron chi connectivity index (χ4n) is 1.64. The van der Waals surface area contributed by atoms with E-state index in [2.05, 4.69) is 5.32 Å². The number of nitrogens with one attached hydrogen (secondary N) is 1. The normalized spacial score (nSPS) is 14.3. The molecule has 0 aromatic heterocycles. The molecule has 1 N–H and O–H groups in total. The molecule has 108 valence electrons. The summed E-state index contributed by atoms with van der Waals surface area (Å²) in [4.78, 5) is 0. The Morgan fingerprint density at radius 3 is 2.26 bits per heavy atom. The predicted octanol–water partition coefficient (Wildman–Crippen LogP) is 2.31. The van der Waals surface area contributed by atoms with Gasteiger partial charge in [0, 0.05) is 18.8 Å². The molecule has 3 nitrogen and oxygen atoms in total. The van der Waals surface area contributed by atoms with Crippen LogP contribution >= 0.6 is 0 Å². The van der Waals surface area contributed by atoms with E-state index in [9.17, 15) is 21.6 Å². The Labute approximate surface area is 110 Å². The van der Waals surface area contributed by atoms with Gasteiger partial charge in [0.25, 0.3) is 0 Å². The summed E-state index contributed by atoms with van der Waals surface area (Å²) in [5, 5.41) is 2.65. The first kappa shape index (κ1) is 16.0. The van der Waals surface area contributed by atoms with Crippen molar-refractivity contribution in [3.05, 3.63) is 35.9 Å². The van der Waals surface area contributed by atoms with E-state index in [1.54, 1.807) is 30.3 Å². The van der Waals surface area contributed by atoms with Gasteiger partial charge in [0.2, 0.25) is 0 Å². The molecule has 0 aliphatic heterocycles. The van der Waals surface area contributed by atoms with Gasteiger partial charge in [-0.3, -0.25) is 0 Å². The summed E-state index contributed by atoms with van der Waals surface area (Å²) in [7, 11) is -3.19. The summed E-state index contributed by atoms with van der Waals surface area (Å²) < 4.78 is 59.4. The highest BCUT2D eigenvalue weighted by Crippen LogP contribution is 2.29. The maximum Gasteiger partial charge on any atom is 0.390 e. The molecule has 1 aromatic rings. The van der Waals surface area contributed by atoms with Gasteiger partial charge in [-0.05, 0) is 5.56 Å². The monoisotopic (exact) mass is 295 g/mol. The number of alkyl halides is 3. The van der Waals surface area contributed by atoms with Gasteiger partial charge >= 0.3 is 6.18 Å². The van der Waals surface area contributed by atoms with E-state index in [1.165, 1.54) is 0 Å². The zero-order valence-corrected chi connectivity index (χ0v) is 11.3. The van der Waals surface area contributed by atoms with Crippen molar-refractivity contribution >= 4 is 9.84 Å². The molecule has 0 heterocycles. The Morgan fingerprint density at radius 1 is 1.21 bits per heavy atom. The summed E-state index contributed by atoms with van der Waals surface area (Å²) in [6.45, 7) is -0.00548. The van der Waals surface area contributed by atoms with Gasteiger partial charge in [0.05, 0.1) is 12.2 Å². The van der Waals surface area contributed by atoms with E-state index >= 15 is 0 Å². The van der Waals surface area contributed by atoms with Gasteiger partial charge < -0.3 is 5.32 Å². The Balaban J connectivity index is 2.71. The standard InChI is InChI=1S/C12H16F3NO2S/c1-19(17,18)8-7-16-11(9-12(13,14)15)10-5-3-2-4-6-10/h2-6,11,16H,7-9H2,1H3. The molecule has 1 aromatic carbocycles.